The first-order valence-electron chi connectivity index (χ1n) is 5.08. The van der Waals surface area contributed by atoms with Crippen molar-refractivity contribution in [3.05, 3.63) is 29.3 Å². The van der Waals surface area contributed by atoms with Gasteiger partial charge in [0.15, 0.2) is 6.29 Å². The first kappa shape index (κ1) is 12.4. The van der Waals surface area contributed by atoms with Crippen LogP contribution in [-0.4, -0.2) is 19.2 Å². The molecular formula is C13H16O3. The Kier molecular flexibility index (Phi) is 3.48. The topological polar surface area (TPSA) is 43.4 Å². The van der Waals surface area contributed by atoms with E-state index in [9.17, 15) is 9.59 Å². The van der Waals surface area contributed by atoms with Crippen LogP contribution in [0.4, 0.5) is 0 Å². The molecule has 0 aliphatic heterocycles. The first-order chi connectivity index (χ1) is 7.43. The second kappa shape index (κ2) is 4.47. The lowest BCUT2D eigenvalue weighted by atomic mass is 9.80. The standard InChI is InChI=1S/C13H16O3/c1-9(15)13(2,3)11-5-6-12(16-4)10(7-11)8-14/h5-8H,1-4H3. The van der Waals surface area contributed by atoms with E-state index in [-0.39, 0.29) is 5.78 Å². The summed E-state index contributed by atoms with van der Waals surface area (Å²) in [7, 11) is 1.51. The van der Waals surface area contributed by atoms with E-state index in [0.29, 0.717) is 11.3 Å². The SMILES string of the molecule is COc1ccc(C(C)(C)C(C)=O)cc1C=O. The maximum Gasteiger partial charge on any atom is 0.153 e. The van der Waals surface area contributed by atoms with Crippen LogP contribution in [0.5, 0.6) is 5.75 Å². The molecule has 16 heavy (non-hydrogen) atoms. The highest BCUT2D eigenvalue weighted by atomic mass is 16.5. The van der Waals surface area contributed by atoms with Gasteiger partial charge in [0, 0.05) is 5.41 Å². The molecule has 0 aromatic heterocycles. The number of hydrogen-bond acceptors (Lipinski definition) is 3. The van der Waals surface area contributed by atoms with E-state index in [1.165, 1.54) is 7.11 Å². The molecule has 0 radical (unpaired) electrons. The van der Waals surface area contributed by atoms with Gasteiger partial charge < -0.3 is 4.74 Å². The van der Waals surface area contributed by atoms with Gasteiger partial charge in [0.1, 0.15) is 11.5 Å². The van der Waals surface area contributed by atoms with E-state index in [0.717, 1.165) is 11.8 Å². The Bertz CT molecular complexity index is 419. The predicted molar refractivity (Wildman–Crippen MR) is 62.1 cm³/mol. The van der Waals surface area contributed by atoms with Gasteiger partial charge >= 0.3 is 0 Å². The average Bonchev–Trinajstić information content (AvgIpc) is 2.27. The molecule has 3 nitrogen and oxygen atoms in total. The molecule has 0 saturated carbocycles. The van der Waals surface area contributed by atoms with E-state index < -0.39 is 5.41 Å². The second-order valence-electron chi connectivity index (χ2n) is 4.26. The van der Waals surface area contributed by atoms with Crippen molar-refractivity contribution >= 4 is 12.1 Å². The third kappa shape index (κ3) is 2.13. The van der Waals surface area contributed by atoms with E-state index in [1.807, 2.05) is 19.9 Å². The number of carbonyl (C=O) groups excluding carboxylic acids is 2. The van der Waals surface area contributed by atoms with Crippen LogP contribution in [0.15, 0.2) is 18.2 Å². The normalized spacial score (nSPS) is 11.0. The maximum atomic E-state index is 11.5. The molecule has 0 saturated heterocycles. The Morgan fingerprint density at radius 3 is 2.44 bits per heavy atom. The van der Waals surface area contributed by atoms with Crippen LogP contribution in [0, 0.1) is 0 Å². The summed E-state index contributed by atoms with van der Waals surface area (Å²) >= 11 is 0. The van der Waals surface area contributed by atoms with Gasteiger partial charge in [-0.25, -0.2) is 0 Å². The Hall–Kier alpha value is -1.64. The summed E-state index contributed by atoms with van der Waals surface area (Å²) in [6.45, 7) is 5.22. The summed E-state index contributed by atoms with van der Waals surface area (Å²) in [6, 6.07) is 5.23. The number of methoxy groups -OCH3 is 1. The van der Waals surface area contributed by atoms with Crippen molar-refractivity contribution in [1.29, 1.82) is 0 Å². The Morgan fingerprint density at radius 1 is 1.38 bits per heavy atom. The van der Waals surface area contributed by atoms with Crippen molar-refractivity contribution in [3.63, 3.8) is 0 Å². The molecule has 1 aromatic rings. The van der Waals surface area contributed by atoms with Gasteiger partial charge in [-0.05, 0) is 38.5 Å². The van der Waals surface area contributed by atoms with Crippen molar-refractivity contribution in [3.8, 4) is 5.75 Å². The van der Waals surface area contributed by atoms with Gasteiger partial charge in [0.25, 0.3) is 0 Å². The fourth-order valence-electron chi connectivity index (χ4n) is 1.42. The fourth-order valence-corrected chi connectivity index (χ4v) is 1.42. The van der Waals surface area contributed by atoms with Crippen LogP contribution in [-0.2, 0) is 10.2 Å². The largest absolute Gasteiger partial charge is 0.496 e. The van der Waals surface area contributed by atoms with Crippen LogP contribution < -0.4 is 4.74 Å². The molecule has 86 valence electrons. The van der Waals surface area contributed by atoms with Crippen molar-refractivity contribution < 1.29 is 14.3 Å². The van der Waals surface area contributed by atoms with Crippen LogP contribution in [0.25, 0.3) is 0 Å². The van der Waals surface area contributed by atoms with E-state index in [4.69, 9.17) is 4.74 Å². The van der Waals surface area contributed by atoms with Crippen molar-refractivity contribution in [2.45, 2.75) is 26.2 Å². The Balaban J connectivity index is 3.28. The highest BCUT2D eigenvalue weighted by Crippen LogP contribution is 2.28. The number of hydrogen-bond donors (Lipinski definition) is 0. The molecule has 0 unspecified atom stereocenters. The van der Waals surface area contributed by atoms with Gasteiger partial charge in [0.05, 0.1) is 12.7 Å². The van der Waals surface area contributed by atoms with Crippen molar-refractivity contribution in [2.75, 3.05) is 7.11 Å². The maximum absolute atomic E-state index is 11.5. The molecule has 1 aromatic carbocycles. The average molecular weight is 220 g/mol. The van der Waals surface area contributed by atoms with Crippen LogP contribution in [0.1, 0.15) is 36.7 Å². The number of benzene rings is 1. The number of ether oxygens (including phenoxy) is 1. The van der Waals surface area contributed by atoms with E-state index >= 15 is 0 Å². The van der Waals surface area contributed by atoms with Gasteiger partial charge in [-0.3, -0.25) is 9.59 Å². The minimum absolute atomic E-state index is 0.0644. The summed E-state index contributed by atoms with van der Waals surface area (Å²) in [5, 5.41) is 0. The summed E-state index contributed by atoms with van der Waals surface area (Å²) in [5.41, 5.74) is 0.710. The zero-order chi connectivity index (χ0) is 12.3. The summed E-state index contributed by atoms with van der Waals surface area (Å²) in [6.07, 6.45) is 0.735. The third-order valence-corrected chi connectivity index (χ3v) is 2.96. The smallest absolute Gasteiger partial charge is 0.153 e. The molecule has 0 fully saturated rings. The summed E-state index contributed by atoms with van der Waals surface area (Å²) < 4.78 is 5.05. The Labute approximate surface area is 95.4 Å². The number of rotatable bonds is 4. The molecule has 1 rings (SSSR count). The molecule has 0 N–H and O–H groups in total. The van der Waals surface area contributed by atoms with Gasteiger partial charge in [0.2, 0.25) is 0 Å². The first-order valence-corrected chi connectivity index (χ1v) is 5.08. The highest BCUT2D eigenvalue weighted by Gasteiger charge is 2.26. The predicted octanol–water partition coefficient (Wildman–Crippen LogP) is 2.37. The van der Waals surface area contributed by atoms with E-state index in [1.54, 1.807) is 19.1 Å². The van der Waals surface area contributed by atoms with Gasteiger partial charge in [-0.1, -0.05) is 6.07 Å². The van der Waals surface area contributed by atoms with Gasteiger partial charge in [-0.15, -0.1) is 0 Å². The second-order valence-corrected chi connectivity index (χ2v) is 4.26. The van der Waals surface area contributed by atoms with Crippen LogP contribution in [0.2, 0.25) is 0 Å². The lowest BCUT2D eigenvalue weighted by Crippen LogP contribution is -2.26. The Morgan fingerprint density at radius 2 is 2.00 bits per heavy atom. The molecular weight excluding hydrogens is 204 g/mol. The molecule has 3 heteroatoms. The lowest BCUT2D eigenvalue weighted by molar-refractivity contribution is -0.121. The van der Waals surface area contributed by atoms with Crippen LogP contribution in [0.3, 0.4) is 0 Å². The number of carbonyl (C=O) groups is 2. The summed E-state index contributed by atoms with van der Waals surface area (Å²) in [5.74, 6) is 0.590. The van der Waals surface area contributed by atoms with Crippen molar-refractivity contribution in [2.24, 2.45) is 0 Å². The van der Waals surface area contributed by atoms with E-state index in [2.05, 4.69) is 0 Å². The molecule has 0 aliphatic rings. The minimum Gasteiger partial charge on any atom is -0.496 e. The number of ketones is 1. The third-order valence-electron chi connectivity index (χ3n) is 2.96. The van der Waals surface area contributed by atoms with Crippen molar-refractivity contribution in [1.82, 2.24) is 0 Å². The van der Waals surface area contributed by atoms with Crippen LogP contribution >= 0.6 is 0 Å². The summed E-state index contributed by atoms with van der Waals surface area (Å²) in [4.78, 5) is 22.4. The molecule has 0 amide bonds. The zero-order valence-corrected chi connectivity index (χ0v) is 10.0. The zero-order valence-electron chi connectivity index (χ0n) is 10.0. The quantitative estimate of drug-likeness (QED) is 0.732. The molecule has 0 atom stereocenters. The highest BCUT2D eigenvalue weighted by molar-refractivity contribution is 5.88. The fraction of sp³-hybridized carbons (Fsp3) is 0.385. The number of Topliss-reactive ketones (excluding diaryl/α,β-unsaturated/α-hetero) is 1. The lowest BCUT2D eigenvalue weighted by Gasteiger charge is -2.22. The molecule has 0 aliphatic carbocycles. The van der Waals surface area contributed by atoms with Gasteiger partial charge in [-0.2, -0.15) is 0 Å². The minimum atomic E-state index is -0.579. The number of aldehydes is 1. The molecule has 0 heterocycles. The monoisotopic (exact) mass is 220 g/mol. The molecule has 0 bridgehead atoms. The molecule has 0 spiro atoms.